The van der Waals surface area contributed by atoms with Crippen molar-refractivity contribution >= 4 is 11.7 Å². The van der Waals surface area contributed by atoms with Gasteiger partial charge in [-0.1, -0.05) is 12.1 Å². The lowest BCUT2D eigenvalue weighted by molar-refractivity contribution is -0.127. The van der Waals surface area contributed by atoms with E-state index in [1.54, 1.807) is 24.3 Å². The van der Waals surface area contributed by atoms with Crippen molar-refractivity contribution in [2.24, 2.45) is 4.99 Å². The number of hydrogen-bond acceptors (Lipinski definition) is 4. The molecule has 1 atom stereocenters. The van der Waals surface area contributed by atoms with Crippen LogP contribution in [0.1, 0.15) is 11.1 Å². The van der Waals surface area contributed by atoms with E-state index >= 15 is 0 Å². The summed E-state index contributed by atoms with van der Waals surface area (Å²) in [7, 11) is 0. The normalized spacial score (nSPS) is 19.6. The first kappa shape index (κ1) is 10.3. The summed E-state index contributed by atoms with van der Waals surface area (Å²) >= 11 is 0. The van der Waals surface area contributed by atoms with Gasteiger partial charge in [0.05, 0.1) is 18.2 Å². The van der Waals surface area contributed by atoms with Crippen LogP contribution in [0.3, 0.4) is 0 Å². The minimum Gasteiger partial charge on any atom is -0.381 e. The van der Waals surface area contributed by atoms with Crippen molar-refractivity contribution < 1.29 is 9.90 Å². The minimum absolute atomic E-state index is 0.0535. The quantitative estimate of drug-likeness (QED) is 0.680. The van der Waals surface area contributed by atoms with Gasteiger partial charge in [-0.25, -0.2) is 0 Å². The average molecular weight is 215 g/mol. The van der Waals surface area contributed by atoms with Crippen molar-refractivity contribution in [1.82, 2.24) is 5.32 Å². The minimum atomic E-state index is -1.08. The zero-order valence-electron chi connectivity index (χ0n) is 8.34. The fourth-order valence-corrected chi connectivity index (χ4v) is 1.40. The lowest BCUT2D eigenvalue weighted by atomic mass is 10.1. The van der Waals surface area contributed by atoms with Gasteiger partial charge in [0, 0.05) is 5.56 Å². The van der Waals surface area contributed by atoms with Gasteiger partial charge >= 0.3 is 0 Å². The van der Waals surface area contributed by atoms with E-state index in [2.05, 4.69) is 10.3 Å². The molecule has 80 valence electrons. The summed E-state index contributed by atoms with van der Waals surface area (Å²) in [5.74, 6) is -0.0697. The van der Waals surface area contributed by atoms with E-state index in [1.807, 2.05) is 6.07 Å². The molecule has 1 unspecified atom stereocenters. The number of amidine groups is 1. The first-order valence-electron chi connectivity index (χ1n) is 4.74. The lowest BCUT2D eigenvalue weighted by Gasteiger charge is -2.17. The number of aliphatic hydroxyl groups is 1. The molecule has 0 saturated carbocycles. The van der Waals surface area contributed by atoms with Gasteiger partial charge in [-0.05, 0) is 12.1 Å². The van der Waals surface area contributed by atoms with Gasteiger partial charge in [0.25, 0.3) is 5.91 Å². The van der Waals surface area contributed by atoms with Crippen LogP contribution >= 0.6 is 0 Å². The molecule has 1 aromatic rings. The summed E-state index contributed by atoms with van der Waals surface area (Å²) in [5.41, 5.74) is 1.17. The van der Waals surface area contributed by atoms with Gasteiger partial charge in [0.15, 0.2) is 6.10 Å². The molecule has 0 spiro atoms. The second kappa shape index (κ2) is 4.13. The number of hydrogen-bond donors (Lipinski definition) is 2. The zero-order valence-corrected chi connectivity index (χ0v) is 8.34. The predicted octanol–water partition coefficient (Wildman–Crippen LogP) is -0.204. The smallest absolute Gasteiger partial charge is 0.256 e. The Bertz CT molecular complexity index is 502. The highest BCUT2D eigenvalue weighted by Gasteiger charge is 2.21. The van der Waals surface area contributed by atoms with Gasteiger partial charge in [0.2, 0.25) is 0 Å². The molecular weight excluding hydrogens is 206 g/mol. The number of aliphatic imine (C=N–C) groups is 1. The summed E-state index contributed by atoms with van der Waals surface area (Å²) in [6, 6.07) is 8.78. The second-order valence-electron chi connectivity index (χ2n) is 3.39. The first-order chi connectivity index (χ1) is 7.70. The van der Waals surface area contributed by atoms with Crippen molar-refractivity contribution in [3.8, 4) is 6.07 Å². The van der Waals surface area contributed by atoms with Gasteiger partial charge in [0.1, 0.15) is 5.84 Å². The molecule has 0 radical (unpaired) electrons. The Morgan fingerprint density at radius 3 is 3.06 bits per heavy atom. The van der Waals surface area contributed by atoms with Crippen LogP contribution in [0.5, 0.6) is 0 Å². The molecule has 5 nitrogen and oxygen atoms in total. The molecule has 0 fully saturated rings. The van der Waals surface area contributed by atoms with E-state index in [-0.39, 0.29) is 6.54 Å². The molecule has 0 aromatic heterocycles. The van der Waals surface area contributed by atoms with Gasteiger partial charge in [-0.2, -0.15) is 5.26 Å². The van der Waals surface area contributed by atoms with Crippen LogP contribution in [0.4, 0.5) is 0 Å². The fraction of sp³-hybridized carbons (Fsp3) is 0.182. The molecule has 2 N–H and O–H groups in total. The topological polar surface area (TPSA) is 85.5 Å². The van der Waals surface area contributed by atoms with Crippen LogP contribution in [-0.2, 0) is 4.79 Å². The van der Waals surface area contributed by atoms with Crippen molar-refractivity contribution in [2.75, 3.05) is 6.54 Å². The maximum absolute atomic E-state index is 11.2. The molecule has 5 heteroatoms. The number of aliphatic hydroxyl groups excluding tert-OH is 1. The van der Waals surface area contributed by atoms with Crippen LogP contribution in [0.15, 0.2) is 29.3 Å². The Labute approximate surface area is 92.0 Å². The van der Waals surface area contributed by atoms with Crippen molar-refractivity contribution in [3.63, 3.8) is 0 Å². The number of amides is 1. The van der Waals surface area contributed by atoms with E-state index in [1.165, 1.54) is 0 Å². The van der Waals surface area contributed by atoms with Gasteiger partial charge in [-0.15, -0.1) is 0 Å². The average Bonchev–Trinajstić information content (AvgIpc) is 2.33. The predicted molar refractivity (Wildman–Crippen MR) is 56.7 cm³/mol. The Morgan fingerprint density at radius 1 is 1.56 bits per heavy atom. The van der Waals surface area contributed by atoms with E-state index in [4.69, 9.17) is 5.26 Å². The largest absolute Gasteiger partial charge is 0.381 e. The molecule has 2 rings (SSSR count). The number of carbonyl (C=O) groups excluding carboxylic acids is 1. The van der Waals surface area contributed by atoms with Crippen LogP contribution in [-0.4, -0.2) is 29.5 Å². The number of benzene rings is 1. The van der Waals surface area contributed by atoms with Gasteiger partial charge in [-0.3, -0.25) is 9.79 Å². The molecule has 0 saturated heterocycles. The molecule has 16 heavy (non-hydrogen) atoms. The lowest BCUT2D eigenvalue weighted by Crippen LogP contribution is -2.45. The van der Waals surface area contributed by atoms with Crippen molar-refractivity contribution in [1.29, 1.82) is 5.26 Å². The number of nitriles is 1. The van der Waals surface area contributed by atoms with Gasteiger partial charge < -0.3 is 10.4 Å². The zero-order chi connectivity index (χ0) is 11.5. The monoisotopic (exact) mass is 215 g/mol. The molecule has 1 aromatic carbocycles. The second-order valence-corrected chi connectivity index (χ2v) is 3.39. The Kier molecular flexibility index (Phi) is 2.66. The molecule has 0 aliphatic carbocycles. The molecule has 0 bridgehead atoms. The van der Waals surface area contributed by atoms with E-state index in [9.17, 15) is 9.90 Å². The fourth-order valence-electron chi connectivity index (χ4n) is 1.40. The summed E-state index contributed by atoms with van der Waals surface area (Å²) in [4.78, 5) is 15.3. The highest BCUT2D eigenvalue weighted by atomic mass is 16.3. The summed E-state index contributed by atoms with van der Waals surface area (Å²) in [5, 5.41) is 20.4. The highest BCUT2D eigenvalue weighted by molar-refractivity contribution is 6.10. The van der Waals surface area contributed by atoms with Crippen LogP contribution in [0, 0.1) is 11.3 Å². The highest BCUT2D eigenvalue weighted by Crippen LogP contribution is 2.07. The standard InChI is InChI=1S/C11H9N3O2/c12-5-7-2-1-3-8(4-7)10-13-6-9(15)11(16)14-10/h1-4,9,15H,6H2,(H,13,14,16). The maximum Gasteiger partial charge on any atom is 0.256 e. The maximum atomic E-state index is 11.2. The molecular formula is C11H9N3O2. The Morgan fingerprint density at radius 2 is 2.38 bits per heavy atom. The first-order valence-corrected chi connectivity index (χ1v) is 4.74. The number of nitrogens with one attached hydrogen (secondary N) is 1. The van der Waals surface area contributed by atoms with E-state index < -0.39 is 12.0 Å². The molecule has 1 amide bonds. The van der Waals surface area contributed by atoms with E-state index in [0.29, 0.717) is 17.0 Å². The van der Waals surface area contributed by atoms with Crippen molar-refractivity contribution in [2.45, 2.75) is 6.10 Å². The number of nitrogens with zero attached hydrogens (tertiary/aromatic N) is 2. The summed E-state index contributed by atoms with van der Waals surface area (Å²) in [6.07, 6.45) is -1.08. The molecule has 1 aliphatic heterocycles. The third kappa shape index (κ3) is 1.92. The summed E-state index contributed by atoms with van der Waals surface area (Å²) < 4.78 is 0. The van der Waals surface area contributed by atoms with Crippen LogP contribution in [0.2, 0.25) is 0 Å². The third-order valence-corrected chi connectivity index (χ3v) is 2.23. The van der Waals surface area contributed by atoms with E-state index in [0.717, 1.165) is 0 Å². The molecule has 1 heterocycles. The Balaban J connectivity index is 2.32. The SMILES string of the molecule is N#Cc1cccc(C2=NCC(O)C(=O)N2)c1. The number of carbonyl (C=O) groups is 1. The third-order valence-electron chi connectivity index (χ3n) is 2.23. The number of rotatable bonds is 1. The Hall–Kier alpha value is -2.19. The van der Waals surface area contributed by atoms with Crippen molar-refractivity contribution in [3.05, 3.63) is 35.4 Å². The summed E-state index contributed by atoms with van der Waals surface area (Å²) in [6.45, 7) is 0.0535. The van der Waals surface area contributed by atoms with Crippen LogP contribution < -0.4 is 5.32 Å². The van der Waals surface area contributed by atoms with Crippen LogP contribution in [0.25, 0.3) is 0 Å². The molecule has 1 aliphatic rings.